The Labute approximate surface area is 108 Å². The lowest BCUT2D eigenvalue weighted by Crippen LogP contribution is -2.36. The zero-order valence-corrected chi connectivity index (χ0v) is 10.1. The fraction of sp³-hybridized carbons (Fsp3) is 0.250. The van der Waals surface area contributed by atoms with Crippen molar-refractivity contribution < 1.29 is 18.8 Å². The van der Waals surface area contributed by atoms with Crippen LogP contribution >= 0.6 is 0 Å². The molecule has 1 aromatic carbocycles. The summed E-state index contributed by atoms with van der Waals surface area (Å²) in [4.78, 5) is 21.5. The number of hydrogen-bond acceptors (Lipinski definition) is 4. The zero-order chi connectivity index (χ0) is 14.4. The lowest BCUT2D eigenvalue weighted by atomic mass is 10.2. The molecule has 1 aromatic rings. The van der Waals surface area contributed by atoms with Crippen molar-refractivity contribution in [3.05, 3.63) is 34.1 Å². The van der Waals surface area contributed by atoms with Crippen molar-refractivity contribution in [3.63, 3.8) is 0 Å². The van der Waals surface area contributed by atoms with Gasteiger partial charge in [-0.15, -0.1) is 6.42 Å². The van der Waals surface area contributed by atoms with Crippen molar-refractivity contribution >= 4 is 11.6 Å². The Bertz CT molecular complexity index is 539. The molecule has 1 unspecified atom stereocenters. The molecule has 1 N–H and O–H groups in total. The highest BCUT2D eigenvalue weighted by Gasteiger charge is 2.21. The highest BCUT2D eigenvalue weighted by Crippen LogP contribution is 2.28. The average molecular weight is 266 g/mol. The van der Waals surface area contributed by atoms with Gasteiger partial charge in [-0.25, -0.2) is 4.39 Å². The second kappa shape index (κ2) is 6.35. The van der Waals surface area contributed by atoms with Gasteiger partial charge in [-0.05, 0) is 13.0 Å². The number of benzene rings is 1. The van der Waals surface area contributed by atoms with E-state index in [2.05, 4.69) is 11.2 Å². The molecule has 0 bridgehead atoms. The van der Waals surface area contributed by atoms with Crippen LogP contribution in [0, 0.1) is 28.3 Å². The fourth-order valence-corrected chi connectivity index (χ4v) is 1.26. The van der Waals surface area contributed by atoms with E-state index in [9.17, 15) is 19.3 Å². The summed E-state index contributed by atoms with van der Waals surface area (Å²) in [5.74, 6) is 0.646. The fourth-order valence-electron chi connectivity index (χ4n) is 1.26. The Morgan fingerprint density at radius 1 is 1.68 bits per heavy atom. The van der Waals surface area contributed by atoms with Gasteiger partial charge in [-0.2, -0.15) is 0 Å². The predicted molar refractivity (Wildman–Crippen MR) is 65.0 cm³/mol. The van der Waals surface area contributed by atoms with E-state index in [0.717, 1.165) is 18.2 Å². The average Bonchev–Trinajstić information content (AvgIpc) is 2.35. The van der Waals surface area contributed by atoms with E-state index >= 15 is 0 Å². The first-order valence-electron chi connectivity index (χ1n) is 5.27. The predicted octanol–water partition coefficient (Wildman–Crippen LogP) is 1.25. The molecule has 1 atom stereocenters. The van der Waals surface area contributed by atoms with Gasteiger partial charge in [0.15, 0.2) is 6.10 Å². The highest BCUT2D eigenvalue weighted by atomic mass is 19.1. The molecule has 0 aliphatic rings. The van der Waals surface area contributed by atoms with Crippen LogP contribution in [0.1, 0.15) is 6.92 Å². The Balaban J connectivity index is 2.87. The van der Waals surface area contributed by atoms with Gasteiger partial charge < -0.3 is 10.1 Å². The Morgan fingerprint density at radius 2 is 2.37 bits per heavy atom. The summed E-state index contributed by atoms with van der Waals surface area (Å²) in [5.41, 5.74) is -0.419. The molecule has 0 radical (unpaired) electrons. The quantitative estimate of drug-likeness (QED) is 0.494. The van der Waals surface area contributed by atoms with Gasteiger partial charge in [0.2, 0.25) is 5.75 Å². The summed E-state index contributed by atoms with van der Waals surface area (Å²) in [6.45, 7) is 1.39. The lowest BCUT2D eigenvalue weighted by Gasteiger charge is -2.13. The Kier molecular flexibility index (Phi) is 4.83. The van der Waals surface area contributed by atoms with Crippen molar-refractivity contribution in [2.45, 2.75) is 13.0 Å². The number of rotatable bonds is 5. The summed E-state index contributed by atoms with van der Waals surface area (Å²) in [5, 5.41) is 13.1. The van der Waals surface area contributed by atoms with Gasteiger partial charge in [-0.1, -0.05) is 5.92 Å². The molecule has 1 amide bonds. The van der Waals surface area contributed by atoms with Gasteiger partial charge >= 0.3 is 5.69 Å². The normalized spacial score (nSPS) is 11.2. The molecule has 1 rings (SSSR count). The van der Waals surface area contributed by atoms with Crippen LogP contribution in [0.15, 0.2) is 18.2 Å². The van der Waals surface area contributed by atoms with Gasteiger partial charge in [-0.3, -0.25) is 14.9 Å². The molecule has 6 nitrogen and oxygen atoms in total. The molecule has 0 spiro atoms. The van der Waals surface area contributed by atoms with E-state index < -0.39 is 28.4 Å². The minimum atomic E-state index is -1.03. The van der Waals surface area contributed by atoms with E-state index in [1.54, 1.807) is 0 Å². The number of nitro groups is 1. The van der Waals surface area contributed by atoms with Gasteiger partial charge in [0.1, 0.15) is 5.82 Å². The van der Waals surface area contributed by atoms with Crippen LogP contribution in [-0.4, -0.2) is 23.5 Å². The molecule has 0 fully saturated rings. The van der Waals surface area contributed by atoms with Crippen LogP contribution < -0.4 is 10.1 Å². The molecule has 100 valence electrons. The molecule has 19 heavy (non-hydrogen) atoms. The monoisotopic (exact) mass is 266 g/mol. The van der Waals surface area contributed by atoms with Crippen LogP contribution in [0.25, 0.3) is 0 Å². The van der Waals surface area contributed by atoms with E-state index in [4.69, 9.17) is 11.2 Å². The standard InChI is InChI=1S/C12H11FN2O4/c1-3-6-14-12(16)8(2)19-11-7-9(13)4-5-10(11)15(17)18/h1,4-5,7-8H,6H2,2H3,(H,14,16). The van der Waals surface area contributed by atoms with Crippen LogP contribution in [0.5, 0.6) is 5.75 Å². The van der Waals surface area contributed by atoms with E-state index in [1.165, 1.54) is 6.92 Å². The first-order valence-corrected chi connectivity index (χ1v) is 5.27. The number of halogens is 1. The maximum Gasteiger partial charge on any atom is 0.311 e. The van der Waals surface area contributed by atoms with Crippen molar-refractivity contribution in [1.82, 2.24) is 5.32 Å². The van der Waals surface area contributed by atoms with E-state index in [0.29, 0.717) is 0 Å². The summed E-state index contributed by atoms with van der Waals surface area (Å²) in [6, 6.07) is 2.76. The molecule has 7 heteroatoms. The summed E-state index contributed by atoms with van der Waals surface area (Å²) < 4.78 is 18.1. The Hall–Kier alpha value is -2.62. The number of nitrogens with one attached hydrogen (secondary N) is 1. The zero-order valence-electron chi connectivity index (χ0n) is 10.1. The second-order valence-corrected chi connectivity index (χ2v) is 3.55. The smallest absolute Gasteiger partial charge is 0.311 e. The minimum absolute atomic E-state index is 0.0117. The third-order valence-electron chi connectivity index (χ3n) is 2.16. The molecule has 0 saturated heterocycles. The number of ether oxygens (including phenoxy) is 1. The SMILES string of the molecule is C#CCNC(=O)C(C)Oc1cc(F)ccc1[N+](=O)[O-]. The molecular weight excluding hydrogens is 255 g/mol. The molecule has 0 aliphatic heterocycles. The van der Waals surface area contributed by atoms with Crippen LogP contribution in [0.3, 0.4) is 0 Å². The molecule has 0 aliphatic carbocycles. The minimum Gasteiger partial charge on any atom is -0.474 e. The first-order chi connectivity index (χ1) is 8.95. The number of nitro benzene ring substituents is 1. The number of nitrogens with zero attached hydrogens (tertiary/aromatic N) is 1. The van der Waals surface area contributed by atoms with Crippen LogP contribution in [0.4, 0.5) is 10.1 Å². The van der Waals surface area contributed by atoms with E-state index in [-0.39, 0.29) is 12.3 Å². The second-order valence-electron chi connectivity index (χ2n) is 3.55. The first kappa shape index (κ1) is 14.4. The maximum absolute atomic E-state index is 13.0. The van der Waals surface area contributed by atoms with Crippen molar-refractivity contribution in [1.29, 1.82) is 0 Å². The molecule has 0 saturated carbocycles. The van der Waals surface area contributed by atoms with Crippen LogP contribution in [0.2, 0.25) is 0 Å². The number of carbonyl (C=O) groups excluding carboxylic acids is 1. The number of hydrogen-bond donors (Lipinski definition) is 1. The van der Waals surface area contributed by atoms with Crippen LogP contribution in [-0.2, 0) is 4.79 Å². The number of amides is 1. The number of carbonyl (C=O) groups is 1. The van der Waals surface area contributed by atoms with E-state index in [1.807, 2.05) is 0 Å². The maximum atomic E-state index is 13.0. The third kappa shape index (κ3) is 3.96. The summed E-state index contributed by atoms with van der Waals surface area (Å²) >= 11 is 0. The summed E-state index contributed by atoms with van der Waals surface area (Å²) in [6.07, 6.45) is 3.94. The lowest BCUT2D eigenvalue weighted by molar-refractivity contribution is -0.386. The topological polar surface area (TPSA) is 81.5 Å². The largest absolute Gasteiger partial charge is 0.474 e. The highest BCUT2D eigenvalue weighted by molar-refractivity contribution is 5.81. The van der Waals surface area contributed by atoms with Gasteiger partial charge in [0, 0.05) is 12.1 Å². The van der Waals surface area contributed by atoms with Crippen molar-refractivity contribution in [2.24, 2.45) is 0 Å². The molecule has 0 heterocycles. The molecular formula is C12H11FN2O4. The molecule has 0 aromatic heterocycles. The van der Waals surface area contributed by atoms with Gasteiger partial charge in [0.25, 0.3) is 5.91 Å². The Morgan fingerprint density at radius 3 is 2.95 bits per heavy atom. The van der Waals surface area contributed by atoms with Gasteiger partial charge in [0.05, 0.1) is 11.5 Å². The third-order valence-corrected chi connectivity index (χ3v) is 2.16. The van der Waals surface area contributed by atoms with Crippen molar-refractivity contribution in [2.75, 3.05) is 6.54 Å². The summed E-state index contributed by atoms with van der Waals surface area (Å²) in [7, 11) is 0. The van der Waals surface area contributed by atoms with Crippen molar-refractivity contribution in [3.8, 4) is 18.1 Å². The number of terminal acetylenes is 1.